The van der Waals surface area contributed by atoms with Crippen LogP contribution in [-0.4, -0.2) is 11.1 Å². The number of nitrogen functional groups attached to an aromatic ring is 2. The van der Waals surface area contributed by atoms with Crippen molar-refractivity contribution >= 4 is 17.3 Å². The molecule has 0 atom stereocenters. The third kappa shape index (κ3) is 2.39. The molecular formula is C15H22N2O2. The van der Waals surface area contributed by atoms with Gasteiger partial charge in [-0.2, -0.15) is 0 Å². The number of hydrogen-bond acceptors (Lipinski definition) is 3. The Labute approximate surface area is 113 Å². The molecule has 4 nitrogen and oxygen atoms in total. The van der Waals surface area contributed by atoms with Gasteiger partial charge in [0, 0.05) is 11.4 Å². The number of carboxylic acids is 1. The second-order valence-corrected chi connectivity index (χ2v) is 5.53. The highest BCUT2D eigenvalue weighted by Crippen LogP contribution is 2.46. The Balaban J connectivity index is 2.62. The fourth-order valence-corrected chi connectivity index (χ4v) is 3.46. The normalized spacial score (nSPS) is 18.2. The SMILES string of the molecule is CCC1(c2c(N)cc(N)cc2C(=O)O)CCCCC1. The average molecular weight is 262 g/mol. The first-order valence-electron chi connectivity index (χ1n) is 6.93. The highest BCUT2D eigenvalue weighted by atomic mass is 16.4. The van der Waals surface area contributed by atoms with Crippen molar-refractivity contribution in [3.05, 3.63) is 23.3 Å². The number of benzene rings is 1. The number of nitrogens with two attached hydrogens (primary N) is 2. The number of carbonyl (C=O) groups is 1. The highest BCUT2D eigenvalue weighted by molar-refractivity contribution is 5.93. The Morgan fingerprint density at radius 2 is 1.89 bits per heavy atom. The van der Waals surface area contributed by atoms with Gasteiger partial charge in [-0.25, -0.2) is 4.79 Å². The minimum atomic E-state index is -0.938. The van der Waals surface area contributed by atoms with Crippen molar-refractivity contribution in [2.45, 2.75) is 50.9 Å². The van der Waals surface area contributed by atoms with Gasteiger partial charge in [-0.15, -0.1) is 0 Å². The number of hydrogen-bond donors (Lipinski definition) is 3. The van der Waals surface area contributed by atoms with Gasteiger partial charge in [0.1, 0.15) is 0 Å². The van der Waals surface area contributed by atoms with E-state index in [4.69, 9.17) is 11.5 Å². The van der Waals surface area contributed by atoms with E-state index in [1.54, 1.807) is 12.1 Å². The standard InChI is InChI=1S/C15H22N2O2/c1-2-15(6-4-3-5-7-15)13-11(14(18)19)8-10(16)9-12(13)17/h8-9H,2-7,16-17H2,1H3,(H,18,19). The van der Waals surface area contributed by atoms with E-state index < -0.39 is 5.97 Å². The highest BCUT2D eigenvalue weighted by Gasteiger charge is 2.37. The van der Waals surface area contributed by atoms with Gasteiger partial charge in [-0.1, -0.05) is 26.2 Å². The molecule has 1 aliphatic carbocycles. The van der Waals surface area contributed by atoms with Crippen molar-refractivity contribution in [2.75, 3.05) is 11.5 Å². The average Bonchev–Trinajstić information content (AvgIpc) is 2.38. The fraction of sp³-hybridized carbons (Fsp3) is 0.533. The summed E-state index contributed by atoms with van der Waals surface area (Å²) in [7, 11) is 0. The smallest absolute Gasteiger partial charge is 0.336 e. The van der Waals surface area contributed by atoms with Crippen molar-refractivity contribution < 1.29 is 9.90 Å². The third-order valence-electron chi connectivity index (χ3n) is 4.44. The third-order valence-corrected chi connectivity index (χ3v) is 4.44. The lowest BCUT2D eigenvalue weighted by molar-refractivity contribution is 0.0692. The molecule has 0 heterocycles. The molecule has 0 radical (unpaired) electrons. The number of carboxylic acid groups (broad SMARTS) is 1. The Hall–Kier alpha value is -1.71. The van der Waals surface area contributed by atoms with Crippen molar-refractivity contribution in [1.29, 1.82) is 0 Å². The number of anilines is 2. The predicted molar refractivity (Wildman–Crippen MR) is 77.3 cm³/mol. The summed E-state index contributed by atoms with van der Waals surface area (Å²) in [5.74, 6) is -0.938. The second-order valence-electron chi connectivity index (χ2n) is 5.53. The van der Waals surface area contributed by atoms with Crippen molar-refractivity contribution in [3.8, 4) is 0 Å². The van der Waals surface area contributed by atoms with Crippen molar-refractivity contribution in [1.82, 2.24) is 0 Å². The lowest BCUT2D eigenvalue weighted by Crippen LogP contribution is -2.31. The fourth-order valence-electron chi connectivity index (χ4n) is 3.46. The maximum atomic E-state index is 11.5. The molecule has 104 valence electrons. The summed E-state index contributed by atoms with van der Waals surface area (Å²) in [6, 6.07) is 3.23. The van der Waals surface area contributed by atoms with Crippen LogP contribution in [0.4, 0.5) is 11.4 Å². The molecule has 1 aliphatic rings. The Morgan fingerprint density at radius 3 is 2.42 bits per heavy atom. The molecule has 0 aromatic heterocycles. The molecule has 0 amide bonds. The van der Waals surface area contributed by atoms with Gasteiger partial charge in [0.05, 0.1) is 5.56 Å². The van der Waals surface area contributed by atoms with Crippen LogP contribution >= 0.6 is 0 Å². The minimum Gasteiger partial charge on any atom is -0.478 e. The summed E-state index contributed by atoms with van der Waals surface area (Å²) in [6.45, 7) is 2.12. The van der Waals surface area contributed by atoms with Gasteiger partial charge >= 0.3 is 5.97 Å². The Bertz CT molecular complexity index is 491. The molecule has 0 saturated heterocycles. The molecule has 2 rings (SSSR count). The molecule has 0 unspecified atom stereocenters. The first-order chi connectivity index (χ1) is 9.00. The first-order valence-corrected chi connectivity index (χ1v) is 6.93. The molecule has 1 aromatic carbocycles. The number of rotatable bonds is 3. The maximum absolute atomic E-state index is 11.5. The van der Waals surface area contributed by atoms with Crippen LogP contribution < -0.4 is 11.5 Å². The van der Waals surface area contributed by atoms with E-state index >= 15 is 0 Å². The molecule has 0 aliphatic heterocycles. The topological polar surface area (TPSA) is 89.3 Å². The van der Waals surface area contributed by atoms with Crippen LogP contribution in [-0.2, 0) is 5.41 Å². The van der Waals surface area contributed by atoms with Crippen LogP contribution in [0, 0.1) is 0 Å². The van der Waals surface area contributed by atoms with E-state index in [9.17, 15) is 9.90 Å². The number of aromatic carboxylic acids is 1. The quantitative estimate of drug-likeness (QED) is 0.730. The molecule has 1 aromatic rings. The lowest BCUT2D eigenvalue weighted by atomic mass is 9.66. The molecule has 0 bridgehead atoms. The summed E-state index contributed by atoms with van der Waals surface area (Å²) < 4.78 is 0. The summed E-state index contributed by atoms with van der Waals surface area (Å²) in [6.07, 6.45) is 6.43. The van der Waals surface area contributed by atoms with Crippen LogP contribution in [0.1, 0.15) is 61.4 Å². The van der Waals surface area contributed by atoms with Crippen molar-refractivity contribution in [2.24, 2.45) is 0 Å². The van der Waals surface area contributed by atoms with E-state index in [0.717, 1.165) is 37.7 Å². The zero-order valence-electron chi connectivity index (χ0n) is 11.4. The summed E-state index contributed by atoms with van der Waals surface area (Å²) in [5, 5.41) is 9.44. The first kappa shape index (κ1) is 13.7. The molecular weight excluding hydrogens is 240 g/mol. The molecule has 0 spiro atoms. The summed E-state index contributed by atoms with van der Waals surface area (Å²) in [5.41, 5.74) is 13.8. The zero-order chi connectivity index (χ0) is 14.0. The van der Waals surface area contributed by atoms with E-state index in [0.29, 0.717) is 11.4 Å². The minimum absolute atomic E-state index is 0.0935. The molecule has 19 heavy (non-hydrogen) atoms. The molecule has 5 N–H and O–H groups in total. The Kier molecular flexibility index (Phi) is 3.69. The van der Waals surface area contributed by atoms with Crippen LogP contribution in [0.15, 0.2) is 12.1 Å². The summed E-state index contributed by atoms with van der Waals surface area (Å²) in [4.78, 5) is 11.5. The van der Waals surface area contributed by atoms with Crippen LogP contribution in [0.25, 0.3) is 0 Å². The van der Waals surface area contributed by atoms with E-state index in [2.05, 4.69) is 6.92 Å². The van der Waals surface area contributed by atoms with Gasteiger partial charge in [0.25, 0.3) is 0 Å². The van der Waals surface area contributed by atoms with Gasteiger partial charge in [0.15, 0.2) is 0 Å². The maximum Gasteiger partial charge on any atom is 0.336 e. The van der Waals surface area contributed by atoms with Gasteiger partial charge in [-0.05, 0) is 42.4 Å². The van der Waals surface area contributed by atoms with Crippen LogP contribution in [0.3, 0.4) is 0 Å². The van der Waals surface area contributed by atoms with E-state index in [1.165, 1.54) is 6.42 Å². The van der Waals surface area contributed by atoms with Gasteiger partial charge in [0.2, 0.25) is 0 Å². The zero-order valence-corrected chi connectivity index (χ0v) is 11.4. The van der Waals surface area contributed by atoms with E-state index in [-0.39, 0.29) is 11.0 Å². The van der Waals surface area contributed by atoms with Crippen LogP contribution in [0.5, 0.6) is 0 Å². The largest absolute Gasteiger partial charge is 0.478 e. The molecule has 4 heteroatoms. The van der Waals surface area contributed by atoms with Gasteiger partial charge < -0.3 is 16.6 Å². The Morgan fingerprint density at radius 1 is 1.26 bits per heavy atom. The van der Waals surface area contributed by atoms with Gasteiger partial charge in [-0.3, -0.25) is 0 Å². The van der Waals surface area contributed by atoms with Crippen molar-refractivity contribution in [3.63, 3.8) is 0 Å². The molecule has 1 fully saturated rings. The second kappa shape index (κ2) is 5.11. The predicted octanol–water partition coefficient (Wildman–Crippen LogP) is 3.16. The molecule has 1 saturated carbocycles. The van der Waals surface area contributed by atoms with Crippen LogP contribution in [0.2, 0.25) is 0 Å². The monoisotopic (exact) mass is 262 g/mol. The lowest BCUT2D eigenvalue weighted by Gasteiger charge is -2.39. The van der Waals surface area contributed by atoms with E-state index in [1.807, 2.05) is 0 Å². The summed E-state index contributed by atoms with van der Waals surface area (Å²) >= 11 is 0.